The lowest BCUT2D eigenvalue weighted by Gasteiger charge is -2.38. The predicted molar refractivity (Wildman–Crippen MR) is 191 cm³/mol. The number of fused-ring (bicyclic) bond motifs is 2. The lowest BCUT2D eigenvalue weighted by molar-refractivity contribution is -0.146. The van der Waals surface area contributed by atoms with Crippen molar-refractivity contribution in [2.75, 3.05) is 23.5 Å². The van der Waals surface area contributed by atoms with Gasteiger partial charge in [0.05, 0.1) is 36.7 Å². The van der Waals surface area contributed by atoms with E-state index in [9.17, 15) is 14.7 Å². The van der Waals surface area contributed by atoms with Crippen molar-refractivity contribution < 1.29 is 24.2 Å². The van der Waals surface area contributed by atoms with Gasteiger partial charge in [-0.3, -0.25) is 14.5 Å². The van der Waals surface area contributed by atoms with Gasteiger partial charge in [0, 0.05) is 35.1 Å². The molecule has 0 saturated carbocycles. The van der Waals surface area contributed by atoms with Gasteiger partial charge >= 0.3 is 0 Å². The number of amides is 2. The van der Waals surface area contributed by atoms with Crippen LogP contribution in [0.2, 0.25) is 0 Å². The predicted octanol–water partition coefficient (Wildman–Crippen LogP) is 7.89. The van der Waals surface area contributed by atoms with Crippen LogP contribution in [-0.2, 0) is 27.1 Å². The molecule has 0 radical (unpaired) electrons. The molecular weight excluding hydrogens is 612 g/mol. The van der Waals surface area contributed by atoms with E-state index in [1.807, 2.05) is 102 Å². The van der Waals surface area contributed by atoms with Crippen molar-refractivity contribution in [2.45, 2.75) is 50.9 Å². The van der Waals surface area contributed by atoms with Gasteiger partial charge in [0.2, 0.25) is 0 Å². The minimum atomic E-state index is -1.18. The van der Waals surface area contributed by atoms with E-state index >= 15 is 0 Å². The summed E-state index contributed by atoms with van der Waals surface area (Å²) < 4.78 is 12.4. The molecule has 7 heteroatoms. The highest BCUT2D eigenvalue weighted by Gasteiger charge is 2.65. The summed E-state index contributed by atoms with van der Waals surface area (Å²) in [5.41, 5.74) is 4.60. The van der Waals surface area contributed by atoms with E-state index in [0.29, 0.717) is 18.5 Å². The first-order valence-electron chi connectivity index (χ1n) is 17.0. The Morgan fingerprint density at radius 2 is 1.55 bits per heavy atom. The Hall–Kier alpha value is -4.98. The first-order chi connectivity index (χ1) is 23.7. The van der Waals surface area contributed by atoms with Crippen LogP contribution in [-0.4, -0.2) is 36.7 Å². The van der Waals surface area contributed by atoms with Gasteiger partial charge in [-0.1, -0.05) is 87.5 Å². The van der Waals surface area contributed by atoms with E-state index in [-0.39, 0.29) is 41.8 Å². The maximum atomic E-state index is 14.9. The summed E-state index contributed by atoms with van der Waals surface area (Å²) in [7, 11) is 1.66. The van der Waals surface area contributed by atoms with Gasteiger partial charge in [0.15, 0.2) is 5.60 Å². The third-order valence-corrected chi connectivity index (χ3v) is 11.2. The van der Waals surface area contributed by atoms with Gasteiger partial charge in [0.1, 0.15) is 5.75 Å². The monoisotopic (exact) mass is 652 g/mol. The SMILES string of the molecule is COc1ccc(C(C)(C)[C@H]2[C@H](CCO)O[C@@]3(C(=O)N(Cc4ccc(N5C(=O)c6cccc7cccc5c67)cc4)c4ccccc43)[C@@H]2C)cc1. The molecule has 4 atom stereocenters. The van der Waals surface area contributed by atoms with E-state index in [4.69, 9.17) is 9.47 Å². The summed E-state index contributed by atoms with van der Waals surface area (Å²) in [5, 5.41) is 12.2. The number of aliphatic hydroxyl groups excluding tert-OH is 1. The molecule has 5 aromatic carbocycles. The maximum absolute atomic E-state index is 14.9. The van der Waals surface area contributed by atoms with E-state index < -0.39 is 5.60 Å². The molecule has 2 amide bonds. The molecule has 3 heterocycles. The number of nitrogens with zero attached hydrogens (tertiary/aromatic N) is 2. The summed E-state index contributed by atoms with van der Waals surface area (Å²) in [6.45, 7) is 6.86. The second-order valence-electron chi connectivity index (χ2n) is 14.1. The van der Waals surface area contributed by atoms with Crippen LogP contribution in [0.4, 0.5) is 17.1 Å². The van der Waals surface area contributed by atoms with Crippen LogP contribution in [0.25, 0.3) is 10.8 Å². The second kappa shape index (κ2) is 11.6. The number of hydrogen-bond donors (Lipinski definition) is 1. The Bertz CT molecular complexity index is 2080. The number of anilines is 3. The molecule has 0 unspecified atom stereocenters. The van der Waals surface area contributed by atoms with E-state index in [0.717, 1.165) is 50.3 Å². The lowest BCUT2D eigenvalue weighted by Crippen LogP contribution is -2.45. The van der Waals surface area contributed by atoms with Gasteiger partial charge in [-0.2, -0.15) is 0 Å². The topological polar surface area (TPSA) is 79.3 Å². The highest BCUT2D eigenvalue weighted by molar-refractivity contribution is 6.27. The lowest BCUT2D eigenvalue weighted by atomic mass is 9.63. The minimum absolute atomic E-state index is 0.0341. The van der Waals surface area contributed by atoms with Gasteiger partial charge < -0.3 is 19.5 Å². The first-order valence-corrected chi connectivity index (χ1v) is 17.0. The van der Waals surface area contributed by atoms with Crippen LogP contribution in [0, 0.1) is 11.8 Å². The van der Waals surface area contributed by atoms with Crippen LogP contribution in [0.3, 0.4) is 0 Å². The van der Waals surface area contributed by atoms with Crippen molar-refractivity contribution in [1.29, 1.82) is 0 Å². The summed E-state index contributed by atoms with van der Waals surface area (Å²) in [5.74, 6) is 0.417. The summed E-state index contributed by atoms with van der Waals surface area (Å²) >= 11 is 0. The summed E-state index contributed by atoms with van der Waals surface area (Å²) in [6, 6.07) is 35.8. The van der Waals surface area contributed by atoms with Gasteiger partial charge in [-0.05, 0) is 70.8 Å². The average molecular weight is 653 g/mol. The zero-order valence-electron chi connectivity index (χ0n) is 28.2. The molecule has 248 valence electrons. The molecule has 5 aromatic rings. The van der Waals surface area contributed by atoms with Crippen LogP contribution in [0.1, 0.15) is 54.2 Å². The highest BCUT2D eigenvalue weighted by atomic mass is 16.5. The molecule has 1 saturated heterocycles. The van der Waals surface area contributed by atoms with Crippen LogP contribution in [0.15, 0.2) is 109 Å². The number of ether oxygens (including phenoxy) is 2. The molecule has 8 rings (SSSR count). The molecule has 0 bridgehead atoms. The zero-order chi connectivity index (χ0) is 34.1. The summed E-state index contributed by atoms with van der Waals surface area (Å²) in [6.07, 6.45) is 0.0972. The maximum Gasteiger partial charge on any atom is 0.264 e. The average Bonchev–Trinajstić information content (AvgIpc) is 3.67. The van der Waals surface area contributed by atoms with Crippen molar-refractivity contribution in [3.05, 3.63) is 131 Å². The van der Waals surface area contributed by atoms with Gasteiger partial charge in [-0.15, -0.1) is 0 Å². The van der Waals surface area contributed by atoms with Gasteiger partial charge in [-0.25, -0.2) is 0 Å². The number of carbonyl (C=O) groups excluding carboxylic acids is 2. The van der Waals surface area contributed by atoms with Crippen molar-refractivity contribution in [3.8, 4) is 5.75 Å². The van der Waals surface area contributed by atoms with Crippen molar-refractivity contribution in [2.24, 2.45) is 11.8 Å². The smallest absolute Gasteiger partial charge is 0.264 e. The quantitative estimate of drug-likeness (QED) is 0.184. The molecular formula is C42H40N2O5. The Morgan fingerprint density at radius 3 is 2.27 bits per heavy atom. The summed E-state index contributed by atoms with van der Waals surface area (Å²) in [4.78, 5) is 32.0. The Labute approximate surface area is 286 Å². The molecule has 3 aliphatic rings. The van der Waals surface area contributed by atoms with Gasteiger partial charge in [0.25, 0.3) is 11.8 Å². The van der Waals surface area contributed by atoms with E-state index in [1.54, 1.807) is 12.0 Å². The molecule has 0 aromatic heterocycles. The Kier molecular flexibility index (Phi) is 7.39. The Balaban J connectivity index is 1.11. The number of methoxy groups -OCH3 is 1. The molecule has 3 aliphatic heterocycles. The minimum Gasteiger partial charge on any atom is -0.497 e. The van der Waals surface area contributed by atoms with Crippen LogP contribution < -0.4 is 14.5 Å². The third kappa shape index (κ3) is 4.56. The fourth-order valence-electron chi connectivity index (χ4n) is 8.93. The zero-order valence-corrected chi connectivity index (χ0v) is 28.2. The standard InChI is InChI=1S/C42H40N2O5/c1-26-38(41(2,3)29-17-21-31(48-4)22-18-29)36(23-24-45)49-42(26)33-12-5-6-13-34(33)43(40(42)47)25-27-15-19-30(20-16-27)44-35-14-8-10-28-9-7-11-32(37(28)35)39(44)46/h5-22,26,36,38,45H,23-25H2,1-4H3/t26-,36+,38-,42+/m1/s1. The number of carbonyl (C=O) groups is 2. The number of aliphatic hydroxyl groups is 1. The molecule has 7 nitrogen and oxygen atoms in total. The molecule has 1 fully saturated rings. The molecule has 1 spiro atoms. The second-order valence-corrected chi connectivity index (χ2v) is 14.1. The largest absolute Gasteiger partial charge is 0.497 e. The fourth-order valence-corrected chi connectivity index (χ4v) is 8.93. The molecule has 49 heavy (non-hydrogen) atoms. The highest BCUT2D eigenvalue weighted by Crippen LogP contribution is 2.59. The fraction of sp³-hybridized carbons (Fsp3) is 0.286. The Morgan fingerprint density at radius 1 is 0.857 bits per heavy atom. The third-order valence-electron chi connectivity index (χ3n) is 11.2. The normalized spacial score (nSPS) is 22.8. The first kappa shape index (κ1) is 31.3. The molecule has 0 aliphatic carbocycles. The number of rotatable bonds is 8. The van der Waals surface area contributed by atoms with Crippen LogP contribution >= 0.6 is 0 Å². The van der Waals surface area contributed by atoms with E-state index in [1.165, 1.54) is 0 Å². The van der Waals surface area contributed by atoms with Crippen molar-refractivity contribution in [1.82, 2.24) is 0 Å². The van der Waals surface area contributed by atoms with E-state index in [2.05, 4.69) is 32.9 Å². The number of para-hydroxylation sites is 1. The van der Waals surface area contributed by atoms with Crippen molar-refractivity contribution in [3.63, 3.8) is 0 Å². The number of hydrogen-bond acceptors (Lipinski definition) is 5. The van der Waals surface area contributed by atoms with Crippen molar-refractivity contribution >= 4 is 39.6 Å². The van der Waals surface area contributed by atoms with Crippen LogP contribution in [0.5, 0.6) is 5.75 Å². The number of benzene rings is 5. The molecule has 1 N–H and O–H groups in total.